The molecule has 0 amide bonds. The van der Waals surface area contributed by atoms with Crippen LogP contribution in [0.2, 0.25) is 0 Å². The van der Waals surface area contributed by atoms with Crippen LogP contribution in [0, 0.1) is 30.6 Å². The van der Waals surface area contributed by atoms with Crippen molar-refractivity contribution in [1.29, 1.82) is 0 Å². The Morgan fingerprint density at radius 2 is 0.800 bits per heavy atom. The second-order valence-corrected chi connectivity index (χ2v) is 0.447. The molecule has 0 aromatic heterocycles. The van der Waals surface area contributed by atoms with Crippen molar-refractivity contribution in [2.45, 2.75) is 0 Å². The molecule has 0 rings (SSSR count). The summed E-state index contributed by atoms with van der Waals surface area (Å²) < 4.78 is 0. The third-order valence-electron chi connectivity index (χ3n) is 0. The first-order chi connectivity index (χ1) is 3.46. The van der Waals surface area contributed by atoms with Crippen molar-refractivity contribution < 1.29 is 26.7 Å². The van der Waals surface area contributed by atoms with Gasteiger partial charge in [-0.1, -0.05) is 0 Å². The Morgan fingerprint density at radius 1 is 0.800 bits per heavy atom. The van der Waals surface area contributed by atoms with Crippen molar-refractivity contribution in [3.63, 3.8) is 0 Å². The maximum atomic E-state index is 8.25. The molecule has 0 aromatic carbocycles. The minimum atomic E-state index is -1.75. The van der Waals surface area contributed by atoms with E-state index >= 15 is 0 Å². The molecular weight excluding hydrogens is 270 g/mol. The molecule has 0 aliphatic rings. The molecule has 0 saturated heterocycles. The average Bonchev–Trinajstić information content (AvgIpc) is 1.25. The molecule has 0 heterocycles. The number of nitrogens with zero attached hydrogens (tertiary/aromatic N) is 2. The van der Waals surface area contributed by atoms with Crippen LogP contribution in [-0.4, -0.2) is 55.7 Å². The van der Waals surface area contributed by atoms with E-state index < -0.39 is 10.2 Å². The van der Waals surface area contributed by atoms with Gasteiger partial charge in [-0.15, -0.1) is 0 Å². The molecule has 10 heteroatoms. The van der Waals surface area contributed by atoms with Crippen LogP contribution in [-0.2, 0) is 16.5 Å². The van der Waals surface area contributed by atoms with Crippen molar-refractivity contribution in [2.75, 3.05) is 0 Å². The van der Waals surface area contributed by atoms with Crippen molar-refractivity contribution in [3.8, 4) is 0 Å². The van der Waals surface area contributed by atoms with Crippen molar-refractivity contribution in [1.82, 2.24) is 0 Å². The van der Waals surface area contributed by atoms with Gasteiger partial charge in [0, 0.05) is 0 Å². The molecule has 0 saturated carbocycles. The molecule has 0 fully saturated rings. The molecule has 60 valence electrons. The molecule has 0 radical (unpaired) electrons. The van der Waals surface area contributed by atoms with Gasteiger partial charge in [-0.25, -0.2) is 0 Å². The van der Waals surface area contributed by atoms with Crippen LogP contribution in [0.15, 0.2) is 0 Å². The third kappa shape index (κ3) is 3250. The molecular formula is H2N2NiO6Sr. The summed E-state index contributed by atoms with van der Waals surface area (Å²) in [5.41, 5.74) is 0. The van der Waals surface area contributed by atoms with E-state index in [4.69, 9.17) is 30.6 Å². The predicted molar refractivity (Wildman–Crippen MR) is 29.3 cm³/mol. The Kier molecular flexibility index (Phi) is 36.3. The van der Waals surface area contributed by atoms with Crippen molar-refractivity contribution >= 4 is 45.5 Å². The first kappa shape index (κ1) is 22.4. The monoisotopic (exact) mass is 272 g/mol. The second-order valence-electron chi connectivity index (χ2n) is 0.447. The normalized spacial score (nSPS) is 4.80. The summed E-state index contributed by atoms with van der Waals surface area (Å²) in [7, 11) is 0. The van der Waals surface area contributed by atoms with Crippen LogP contribution < -0.4 is 0 Å². The van der Waals surface area contributed by atoms with Crippen LogP contribution in [0.4, 0.5) is 0 Å². The SMILES string of the molecule is O=[N+]([O-])[O-].O=[N+]([O-])[O-].[Ni+2].[SrH2]. The summed E-state index contributed by atoms with van der Waals surface area (Å²) in [4.78, 5) is 16.5. The van der Waals surface area contributed by atoms with Crippen molar-refractivity contribution in [3.05, 3.63) is 30.6 Å². The molecule has 8 nitrogen and oxygen atoms in total. The molecule has 0 spiro atoms. The average molecular weight is 272 g/mol. The molecule has 0 atom stereocenters. The summed E-state index contributed by atoms with van der Waals surface area (Å²) in [6.45, 7) is 0. The summed E-state index contributed by atoms with van der Waals surface area (Å²) in [6.07, 6.45) is 0. The van der Waals surface area contributed by atoms with E-state index in [1.54, 1.807) is 0 Å². The van der Waals surface area contributed by atoms with Gasteiger partial charge in [0.05, 0.1) is 10.2 Å². The fourth-order valence-corrected chi connectivity index (χ4v) is 0. The summed E-state index contributed by atoms with van der Waals surface area (Å²) in [6, 6.07) is 0. The summed E-state index contributed by atoms with van der Waals surface area (Å²) in [5.74, 6) is 0. The van der Waals surface area contributed by atoms with E-state index in [2.05, 4.69) is 0 Å². The van der Waals surface area contributed by atoms with Crippen LogP contribution in [0.5, 0.6) is 0 Å². The number of hydrogen-bond acceptors (Lipinski definition) is 6. The van der Waals surface area contributed by atoms with Gasteiger partial charge in [0.25, 0.3) is 0 Å². The van der Waals surface area contributed by atoms with E-state index in [9.17, 15) is 0 Å². The molecule has 0 aliphatic carbocycles. The Bertz CT molecular complexity index is 73.7. The molecule has 0 aliphatic heterocycles. The molecule has 0 bridgehead atoms. The van der Waals surface area contributed by atoms with Crippen LogP contribution in [0.3, 0.4) is 0 Å². The number of hydrogen-bond donors (Lipinski definition) is 0. The molecule has 0 aromatic rings. The summed E-state index contributed by atoms with van der Waals surface area (Å²) >= 11 is 0. The van der Waals surface area contributed by atoms with Gasteiger partial charge in [-0.3, -0.25) is 0 Å². The predicted octanol–water partition coefficient (Wildman–Crippen LogP) is -1.40. The van der Waals surface area contributed by atoms with Gasteiger partial charge in [0.2, 0.25) is 0 Å². The Morgan fingerprint density at radius 3 is 0.800 bits per heavy atom. The fourth-order valence-electron chi connectivity index (χ4n) is 0. The standard InChI is InChI=1S/2NO3.Ni.Sr.2H/c2*2-1(3)4;;;;/q2*-1;+2;;;. The fraction of sp³-hybridized carbons (Fsp3) is 0. The van der Waals surface area contributed by atoms with Gasteiger partial charge >= 0.3 is 62.0 Å². The zero-order valence-corrected chi connectivity index (χ0v) is 4.65. The van der Waals surface area contributed by atoms with Crippen molar-refractivity contribution in [2.24, 2.45) is 0 Å². The van der Waals surface area contributed by atoms with Gasteiger partial charge in [-0.05, 0) is 0 Å². The zero-order chi connectivity index (χ0) is 7.15. The molecule has 0 N–H and O–H groups in total. The summed E-state index contributed by atoms with van der Waals surface area (Å²) in [5, 5.41) is 29.5. The third-order valence-corrected chi connectivity index (χ3v) is 0. The maximum absolute atomic E-state index is 8.25. The second kappa shape index (κ2) is 16.2. The first-order valence-corrected chi connectivity index (χ1v) is 1.10. The van der Waals surface area contributed by atoms with E-state index in [0.717, 1.165) is 0 Å². The van der Waals surface area contributed by atoms with Crippen LogP contribution >= 0.6 is 0 Å². The quantitative estimate of drug-likeness (QED) is 0.302. The Balaban J connectivity index is -0.0000000300. The van der Waals surface area contributed by atoms with Crippen LogP contribution in [0.25, 0.3) is 0 Å². The number of rotatable bonds is 0. The Labute approximate surface area is 102 Å². The van der Waals surface area contributed by atoms with Gasteiger partial charge in [0.15, 0.2) is 0 Å². The molecule has 0 unspecified atom stereocenters. The van der Waals surface area contributed by atoms with Gasteiger partial charge in [0.1, 0.15) is 0 Å². The van der Waals surface area contributed by atoms with Gasteiger partial charge < -0.3 is 30.6 Å². The van der Waals surface area contributed by atoms with E-state index in [1.165, 1.54) is 0 Å². The minimum absolute atomic E-state index is 0. The van der Waals surface area contributed by atoms with Gasteiger partial charge in [-0.2, -0.15) is 0 Å². The topological polar surface area (TPSA) is 132 Å². The van der Waals surface area contributed by atoms with Crippen LogP contribution in [0.1, 0.15) is 0 Å². The Hall–Kier alpha value is 0.374. The van der Waals surface area contributed by atoms with E-state index in [-0.39, 0.29) is 62.0 Å². The zero-order valence-electron chi connectivity index (χ0n) is 3.66. The first-order valence-electron chi connectivity index (χ1n) is 1.10. The van der Waals surface area contributed by atoms with E-state index in [1.807, 2.05) is 0 Å². The molecule has 10 heavy (non-hydrogen) atoms. The van der Waals surface area contributed by atoms with E-state index in [0.29, 0.717) is 0 Å².